The number of hydrogen-bond donors (Lipinski definition) is 1. The molecule has 1 aliphatic carbocycles. The first-order valence-electron chi connectivity index (χ1n) is 4.23. The standard InChI is InChI=1S/C9H17N/c1-8-4-2-3-5-9(10)7-6-8/h6-9H,2-5,10H2,1H3/b7-6+. The van der Waals surface area contributed by atoms with Gasteiger partial charge in [-0.15, -0.1) is 0 Å². The van der Waals surface area contributed by atoms with Crippen molar-refractivity contribution in [1.82, 2.24) is 0 Å². The van der Waals surface area contributed by atoms with E-state index in [1.807, 2.05) is 0 Å². The van der Waals surface area contributed by atoms with Gasteiger partial charge >= 0.3 is 0 Å². The minimum atomic E-state index is 0.322. The van der Waals surface area contributed by atoms with Gasteiger partial charge in [-0.25, -0.2) is 0 Å². The summed E-state index contributed by atoms with van der Waals surface area (Å²) in [6.45, 7) is 2.26. The average Bonchev–Trinajstić information content (AvgIpc) is 1.90. The van der Waals surface area contributed by atoms with Crippen LogP contribution in [0.3, 0.4) is 0 Å². The molecule has 0 fully saturated rings. The Morgan fingerprint density at radius 3 is 2.70 bits per heavy atom. The highest BCUT2D eigenvalue weighted by Crippen LogP contribution is 2.15. The van der Waals surface area contributed by atoms with Crippen molar-refractivity contribution in [1.29, 1.82) is 0 Å². The molecule has 0 aromatic carbocycles. The summed E-state index contributed by atoms with van der Waals surface area (Å²) in [5, 5.41) is 0. The van der Waals surface area contributed by atoms with Crippen LogP contribution in [0.25, 0.3) is 0 Å². The second-order valence-electron chi connectivity index (χ2n) is 3.31. The van der Waals surface area contributed by atoms with Crippen LogP contribution in [0.2, 0.25) is 0 Å². The SMILES string of the molecule is CC1/C=C/C(N)CCCC1. The Kier molecular flexibility index (Phi) is 2.94. The summed E-state index contributed by atoms with van der Waals surface area (Å²) in [6.07, 6.45) is 9.56. The van der Waals surface area contributed by atoms with Gasteiger partial charge in [0.1, 0.15) is 0 Å². The Hall–Kier alpha value is -0.300. The molecule has 58 valence electrons. The van der Waals surface area contributed by atoms with E-state index < -0.39 is 0 Å². The highest BCUT2D eigenvalue weighted by molar-refractivity contribution is 4.95. The summed E-state index contributed by atoms with van der Waals surface area (Å²) in [4.78, 5) is 0. The van der Waals surface area contributed by atoms with Crippen LogP contribution < -0.4 is 5.73 Å². The van der Waals surface area contributed by atoms with Gasteiger partial charge in [-0.3, -0.25) is 0 Å². The van der Waals surface area contributed by atoms with Crippen molar-refractivity contribution in [2.45, 2.75) is 38.6 Å². The molecule has 0 bridgehead atoms. The Bertz CT molecular complexity index is 104. The van der Waals surface area contributed by atoms with Gasteiger partial charge in [0.2, 0.25) is 0 Å². The minimum Gasteiger partial charge on any atom is -0.324 e. The molecule has 0 amide bonds. The van der Waals surface area contributed by atoms with Gasteiger partial charge in [0.15, 0.2) is 0 Å². The number of hydrogen-bond acceptors (Lipinski definition) is 1. The van der Waals surface area contributed by atoms with Gasteiger partial charge in [0, 0.05) is 6.04 Å². The first kappa shape index (κ1) is 7.80. The van der Waals surface area contributed by atoms with Crippen molar-refractivity contribution in [2.24, 2.45) is 11.7 Å². The van der Waals surface area contributed by atoms with Crippen molar-refractivity contribution in [3.05, 3.63) is 12.2 Å². The fraction of sp³-hybridized carbons (Fsp3) is 0.778. The summed E-state index contributed by atoms with van der Waals surface area (Å²) >= 11 is 0. The number of rotatable bonds is 0. The van der Waals surface area contributed by atoms with Gasteiger partial charge in [0.05, 0.1) is 0 Å². The van der Waals surface area contributed by atoms with E-state index in [-0.39, 0.29) is 0 Å². The summed E-state index contributed by atoms with van der Waals surface area (Å²) in [7, 11) is 0. The van der Waals surface area contributed by atoms with E-state index in [1.165, 1.54) is 25.7 Å². The summed E-state index contributed by atoms with van der Waals surface area (Å²) in [5.74, 6) is 0.742. The zero-order valence-corrected chi connectivity index (χ0v) is 6.72. The first-order valence-corrected chi connectivity index (χ1v) is 4.23. The molecular formula is C9H17N. The van der Waals surface area contributed by atoms with Gasteiger partial charge in [-0.2, -0.15) is 0 Å². The average molecular weight is 139 g/mol. The Morgan fingerprint density at radius 1 is 1.20 bits per heavy atom. The first-order chi connectivity index (χ1) is 4.79. The van der Waals surface area contributed by atoms with Gasteiger partial charge in [0.25, 0.3) is 0 Å². The maximum Gasteiger partial charge on any atom is 0.0223 e. The van der Waals surface area contributed by atoms with Gasteiger partial charge in [-0.1, -0.05) is 31.9 Å². The predicted octanol–water partition coefficient (Wildman–Crippen LogP) is 2.08. The van der Waals surface area contributed by atoms with E-state index in [0.29, 0.717) is 6.04 Å². The zero-order chi connectivity index (χ0) is 7.40. The van der Waals surface area contributed by atoms with Crippen LogP contribution >= 0.6 is 0 Å². The van der Waals surface area contributed by atoms with Gasteiger partial charge in [-0.05, 0) is 18.8 Å². The normalized spacial score (nSPS) is 38.2. The van der Waals surface area contributed by atoms with Crippen LogP contribution in [0.1, 0.15) is 32.6 Å². The molecule has 2 unspecified atom stereocenters. The van der Waals surface area contributed by atoms with Crippen LogP contribution in [0, 0.1) is 5.92 Å². The van der Waals surface area contributed by atoms with E-state index >= 15 is 0 Å². The van der Waals surface area contributed by atoms with E-state index in [4.69, 9.17) is 5.73 Å². The third-order valence-electron chi connectivity index (χ3n) is 2.13. The summed E-state index contributed by atoms with van der Waals surface area (Å²) in [6, 6.07) is 0.322. The molecule has 0 saturated heterocycles. The van der Waals surface area contributed by atoms with E-state index in [1.54, 1.807) is 0 Å². The Morgan fingerprint density at radius 2 is 1.90 bits per heavy atom. The molecule has 0 aliphatic heterocycles. The second-order valence-corrected chi connectivity index (χ2v) is 3.31. The lowest BCUT2D eigenvalue weighted by atomic mass is 9.96. The van der Waals surface area contributed by atoms with E-state index in [2.05, 4.69) is 19.1 Å². The predicted molar refractivity (Wildman–Crippen MR) is 44.7 cm³/mol. The zero-order valence-electron chi connectivity index (χ0n) is 6.72. The molecule has 10 heavy (non-hydrogen) atoms. The molecule has 0 radical (unpaired) electrons. The largest absolute Gasteiger partial charge is 0.324 e. The maximum atomic E-state index is 5.78. The molecular weight excluding hydrogens is 122 g/mol. The molecule has 0 spiro atoms. The van der Waals surface area contributed by atoms with Crippen LogP contribution in [0.4, 0.5) is 0 Å². The topological polar surface area (TPSA) is 26.0 Å². The molecule has 0 heterocycles. The van der Waals surface area contributed by atoms with Crippen LogP contribution in [-0.2, 0) is 0 Å². The molecule has 0 aromatic rings. The highest BCUT2D eigenvalue weighted by atomic mass is 14.6. The van der Waals surface area contributed by atoms with Crippen LogP contribution in [0.5, 0.6) is 0 Å². The van der Waals surface area contributed by atoms with Gasteiger partial charge < -0.3 is 5.73 Å². The molecule has 0 saturated carbocycles. The molecule has 0 aromatic heterocycles. The van der Waals surface area contributed by atoms with Crippen molar-refractivity contribution in [3.63, 3.8) is 0 Å². The third kappa shape index (κ3) is 2.53. The molecule has 1 nitrogen and oxygen atoms in total. The molecule has 1 rings (SSSR count). The Balaban J connectivity index is 2.42. The maximum absolute atomic E-state index is 5.78. The molecule has 1 heteroatoms. The molecule has 2 N–H and O–H groups in total. The van der Waals surface area contributed by atoms with Crippen LogP contribution in [-0.4, -0.2) is 6.04 Å². The fourth-order valence-electron chi connectivity index (χ4n) is 1.37. The van der Waals surface area contributed by atoms with Crippen molar-refractivity contribution in [2.75, 3.05) is 0 Å². The second kappa shape index (κ2) is 3.77. The molecule has 1 aliphatic rings. The Labute approximate surface area is 63.3 Å². The number of allylic oxidation sites excluding steroid dienone is 1. The number of nitrogens with two attached hydrogens (primary N) is 1. The summed E-state index contributed by atoms with van der Waals surface area (Å²) in [5.41, 5.74) is 5.78. The smallest absolute Gasteiger partial charge is 0.0223 e. The van der Waals surface area contributed by atoms with Crippen molar-refractivity contribution >= 4 is 0 Å². The monoisotopic (exact) mass is 139 g/mol. The lowest BCUT2D eigenvalue weighted by molar-refractivity contribution is 0.529. The van der Waals surface area contributed by atoms with Crippen molar-refractivity contribution in [3.8, 4) is 0 Å². The highest BCUT2D eigenvalue weighted by Gasteiger charge is 2.04. The minimum absolute atomic E-state index is 0.322. The lowest BCUT2D eigenvalue weighted by Gasteiger charge is -2.13. The quantitative estimate of drug-likeness (QED) is 0.511. The summed E-state index contributed by atoms with van der Waals surface area (Å²) < 4.78 is 0. The van der Waals surface area contributed by atoms with E-state index in [0.717, 1.165) is 5.92 Å². The van der Waals surface area contributed by atoms with Crippen molar-refractivity contribution < 1.29 is 0 Å². The molecule has 2 atom stereocenters. The van der Waals surface area contributed by atoms with E-state index in [9.17, 15) is 0 Å². The van der Waals surface area contributed by atoms with Crippen LogP contribution in [0.15, 0.2) is 12.2 Å². The third-order valence-corrected chi connectivity index (χ3v) is 2.13. The lowest BCUT2D eigenvalue weighted by Crippen LogP contribution is -2.17. The fourth-order valence-corrected chi connectivity index (χ4v) is 1.37.